The van der Waals surface area contributed by atoms with E-state index in [1.807, 2.05) is 55.5 Å². The number of thiophene rings is 1. The van der Waals surface area contributed by atoms with Crippen LogP contribution < -0.4 is 0 Å². The van der Waals surface area contributed by atoms with Gasteiger partial charge in [0.15, 0.2) is 17.4 Å². The molecule has 0 N–H and O–H groups in total. The molecule has 3 aromatic heterocycles. The van der Waals surface area contributed by atoms with Crippen molar-refractivity contribution in [2.75, 3.05) is 0 Å². The smallest absolute Gasteiger partial charge is 0.173 e. The standard InChI is InChI=1S/C29H27N3O2S/c1-3-22-12-14-28(35-22)27(34)17-19-8-7-9-21(16-19)32-25-13-11-20(26(33)4-2)18-24(25)31-29(32)23-10-5-6-15-30-23/h1,5-6,10-15,18-19,21H,4,7-9,16-17H2,2H3/t19-,21+/m1/s1. The lowest BCUT2D eigenvalue weighted by molar-refractivity contribution is 0.0944. The van der Waals surface area contributed by atoms with Gasteiger partial charge in [-0.3, -0.25) is 14.6 Å². The second kappa shape index (κ2) is 9.97. The van der Waals surface area contributed by atoms with Gasteiger partial charge in [0.05, 0.1) is 20.8 Å². The first-order valence-electron chi connectivity index (χ1n) is 12.1. The maximum atomic E-state index is 12.9. The van der Waals surface area contributed by atoms with Gasteiger partial charge in [0.1, 0.15) is 5.69 Å². The van der Waals surface area contributed by atoms with Gasteiger partial charge in [-0.05, 0) is 67.6 Å². The van der Waals surface area contributed by atoms with E-state index in [-0.39, 0.29) is 17.6 Å². The summed E-state index contributed by atoms with van der Waals surface area (Å²) in [6.45, 7) is 1.87. The highest BCUT2D eigenvalue weighted by Gasteiger charge is 2.29. The molecular formula is C29H27N3O2S. The third-order valence-electron chi connectivity index (χ3n) is 6.84. The fourth-order valence-electron chi connectivity index (χ4n) is 5.13. The van der Waals surface area contributed by atoms with Gasteiger partial charge < -0.3 is 4.57 Å². The topological polar surface area (TPSA) is 64.8 Å². The molecule has 176 valence electrons. The normalized spacial score (nSPS) is 17.8. The Morgan fingerprint density at radius 3 is 2.77 bits per heavy atom. The summed E-state index contributed by atoms with van der Waals surface area (Å²) in [4.78, 5) is 36.3. The van der Waals surface area contributed by atoms with E-state index < -0.39 is 0 Å². The summed E-state index contributed by atoms with van der Waals surface area (Å²) in [6, 6.07) is 15.5. The van der Waals surface area contributed by atoms with E-state index in [1.165, 1.54) is 11.3 Å². The van der Waals surface area contributed by atoms with Gasteiger partial charge in [0.2, 0.25) is 0 Å². The maximum Gasteiger partial charge on any atom is 0.173 e. The van der Waals surface area contributed by atoms with Gasteiger partial charge in [-0.2, -0.15) is 0 Å². The Morgan fingerprint density at radius 2 is 2.03 bits per heavy atom. The average Bonchev–Trinajstić information content (AvgIpc) is 3.53. The Morgan fingerprint density at radius 1 is 1.14 bits per heavy atom. The number of hydrogen-bond acceptors (Lipinski definition) is 5. The molecule has 35 heavy (non-hydrogen) atoms. The van der Waals surface area contributed by atoms with Crippen LogP contribution in [0.5, 0.6) is 0 Å². The van der Waals surface area contributed by atoms with E-state index in [0.717, 1.165) is 58.0 Å². The molecule has 0 unspecified atom stereocenters. The number of imidazole rings is 1. The lowest BCUT2D eigenvalue weighted by Gasteiger charge is -2.31. The quantitative estimate of drug-likeness (QED) is 0.217. The molecule has 0 aliphatic heterocycles. The summed E-state index contributed by atoms with van der Waals surface area (Å²) >= 11 is 1.40. The largest absolute Gasteiger partial charge is 0.320 e. The van der Waals surface area contributed by atoms with E-state index in [1.54, 1.807) is 6.20 Å². The number of pyridine rings is 1. The predicted molar refractivity (Wildman–Crippen MR) is 140 cm³/mol. The Hall–Kier alpha value is -3.56. The van der Waals surface area contributed by atoms with E-state index in [9.17, 15) is 9.59 Å². The molecule has 1 aromatic carbocycles. The molecule has 3 heterocycles. The number of Topliss-reactive ketones (excluding diaryl/α,β-unsaturated/α-hetero) is 2. The number of ketones is 2. The number of rotatable bonds is 7. The SMILES string of the molecule is C#Cc1ccc(C(=O)C[C@@H]2CCC[C@H](n3c(-c4ccccn4)nc4cc(C(=O)CC)ccc43)C2)s1. The molecule has 0 spiro atoms. The number of terminal acetylenes is 1. The number of carbonyl (C=O) groups is 2. The second-order valence-corrected chi connectivity index (χ2v) is 10.2. The minimum absolute atomic E-state index is 0.110. The van der Waals surface area contributed by atoms with Crippen LogP contribution >= 0.6 is 11.3 Å². The Bertz CT molecular complexity index is 1430. The third kappa shape index (κ3) is 4.69. The molecule has 0 amide bonds. The molecule has 0 saturated heterocycles. The van der Waals surface area contributed by atoms with Crippen molar-refractivity contribution < 1.29 is 9.59 Å². The molecule has 5 rings (SSSR count). The number of fused-ring (bicyclic) bond motifs is 1. The third-order valence-corrected chi connectivity index (χ3v) is 7.90. The van der Waals surface area contributed by atoms with E-state index in [4.69, 9.17) is 11.4 Å². The minimum atomic E-state index is 0.110. The molecule has 2 atom stereocenters. The van der Waals surface area contributed by atoms with Gasteiger partial charge in [-0.25, -0.2) is 4.98 Å². The molecule has 0 radical (unpaired) electrons. The van der Waals surface area contributed by atoms with Crippen molar-refractivity contribution in [3.63, 3.8) is 0 Å². The van der Waals surface area contributed by atoms with Gasteiger partial charge >= 0.3 is 0 Å². The lowest BCUT2D eigenvalue weighted by Crippen LogP contribution is -2.22. The first-order chi connectivity index (χ1) is 17.1. The fraction of sp³-hybridized carbons (Fsp3) is 0.310. The van der Waals surface area contributed by atoms with Crippen LogP contribution in [0.3, 0.4) is 0 Å². The van der Waals surface area contributed by atoms with Crippen LogP contribution in [-0.4, -0.2) is 26.1 Å². The summed E-state index contributed by atoms with van der Waals surface area (Å²) in [5, 5.41) is 0. The molecular weight excluding hydrogens is 454 g/mol. The Balaban J connectivity index is 1.48. The van der Waals surface area contributed by atoms with Crippen LogP contribution in [0.2, 0.25) is 0 Å². The molecule has 6 heteroatoms. The van der Waals surface area contributed by atoms with Crippen molar-refractivity contribution in [1.82, 2.24) is 14.5 Å². The number of benzene rings is 1. The van der Waals surface area contributed by atoms with Crippen molar-refractivity contribution >= 4 is 33.9 Å². The van der Waals surface area contributed by atoms with Crippen molar-refractivity contribution in [3.05, 3.63) is 70.0 Å². The summed E-state index contributed by atoms with van der Waals surface area (Å²) < 4.78 is 2.29. The van der Waals surface area contributed by atoms with Crippen LogP contribution in [-0.2, 0) is 0 Å². The van der Waals surface area contributed by atoms with Crippen molar-refractivity contribution in [3.8, 4) is 23.9 Å². The first-order valence-corrected chi connectivity index (χ1v) is 12.9. The molecule has 1 aliphatic rings. The van der Waals surface area contributed by atoms with E-state index >= 15 is 0 Å². The first kappa shape index (κ1) is 23.2. The lowest BCUT2D eigenvalue weighted by atomic mass is 9.82. The molecule has 0 bridgehead atoms. The summed E-state index contributed by atoms with van der Waals surface area (Å²) in [5.41, 5.74) is 3.31. The Kier molecular flexibility index (Phi) is 6.61. The molecule has 5 nitrogen and oxygen atoms in total. The molecule has 4 aromatic rings. The van der Waals surface area contributed by atoms with E-state index in [0.29, 0.717) is 24.3 Å². The van der Waals surface area contributed by atoms with Crippen LogP contribution in [0.15, 0.2) is 54.7 Å². The number of aromatic nitrogens is 3. The van der Waals surface area contributed by atoms with Crippen molar-refractivity contribution in [2.45, 2.75) is 51.5 Å². The monoisotopic (exact) mass is 481 g/mol. The summed E-state index contributed by atoms with van der Waals surface area (Å²) in [6.07, 6.45) is 12.3. The minimum Gasteiger partial charge on any atom is -0.320 e. The van der Waals surface area contributed by atoms with Crippen LogP contribution in [0.25, 0.3) is 22.6 Å². The maximum absolute atomic E-state index is 12.9. The van der Waals surface area contributed by atoms with Gasteiger partial charge in [0, 0.05) is 30.6 Å². The highest BCUT2D eigenvalue weighted by Crippen LogP contribution is 2.39. The van der Waals surface area contributed by atoms with Gasteiger partial charge in [-0.15, -0.1) is 17.8 Å². The summed E-state index contributed by atoms with van der Waals surface area (Å²) in [5.74, 6) is 4.01. The highest BCUT2D eigenvalue weighted by molar-refractivity contribution is 7.14. The van der Waals surface area contributed by atoms with Crippen LogP contribution in [0.1, 0.15) is 76.4 Å². The average molecular weight is 482 g/mol. The number of nitrogens with zero attached hydrogens (tertiary/aromatic N) is 3. The second-order valence-electron chi connectivity index (χ2n) is 9.12. The number of hydrogen-bond donors (Lipinski definition) is 0. The van der Waals surface area contributed by atoms with Gasteiger partial charge in [-0.1, -0.05) is 25.3 Å². The Labute approximate surface area is 209 Å². The molecule has 1 saturated carbocycles. The number of carbonyl (C=O) groups excluding carboxylic acids is 2. The van der Waals surface area contributed by atoms with Crippen molar-refractivity contribution in [1.29, 1.82) is 0 Å². The van der Waals surface area contributed by atoms with Crippen LogP contribution in [0, 0.1) is 18.3 Å². The highest BCUT2D eigenvalue weighted by atomic mass is 32.1. The zero-order valence-electron chi connectivity index (χ0n) is 19.7. The molecule has 1 aliphatic carbocycles. The van der Waals surface area contributed by atoms with E-state index in [2.05, 4.69) is 15.5 Å². The van der Waals surface area contributed by atoms with Gasteiger partial charge in [0.25, 0.3) is 0 Å². The zero-order valence-corrected chi connectivity index (χ0v) is 20.6. The zero-order chi connectivity index (χ0) is 24.4. The molecule has 1 fully saturated rings. The van der Waals surface area contributed by atoms with Crippen molar-refractivity contribution in [2.24, 2.45) is 5.92 Å². The predicted octanol–water partition coefficient (Wildman–Crippen LogP) is 6.74. The van der Waals surface area contributed by atoms with Crippen LogP contribution in [0.4, 0.5) is 0 Å². The summed E-state index contributed by atoms with van der Waals surface area (Å²) in [7, 11) is 0. The fourth-order valence-corrected chi connectivity index (χ4v) is 5.90.